The van der Waals surface area contributed by atoms with Crippen LogP contribution in [0.5, 0.6) is 0 Å². The van der Waals surface area contributed by atoms with E-state index in [0.29, 0.717) is 43.4 Å². The van der Waals surface area contributed by atoms with Gasteiger partial charge in [-0.2, -0.15) is 0 Å². The Hall–Kier alpha value is -2.40. The number of amides is 1. The lowest BCUT2D eigenvalue weighted by atomic mass is 10.0. The molecule has 1 atom stereocenters. The minimum atomic E-state index is -0.519. The molecule has 1 unspecified atom stereocenters. The van der Waals surface area contributed by atoms with Crippen molar-refractivity contribution in [2.75, 3.05) is 19.7 Å². The number of rotatable bonds is 6. The average molecular weight is 381 g/mol. The first-order valence-electron chi connectivity index (χ1n) is 10.2. The van der Waals surface area contributed by atoms with Gasteiger partial charge in [0, 0.05) is 19.5 Å². The van der Waals surface area contributed by atoms with E-state index < -0.39 is 5.63 Å². The van der Waals surface area contributed by atoms with E-state index >= 15 is 0 Å². The number of ether oxygens (including phenoxy) is 1. The molecule has 1 aromatic heterocycles. The van der Waals surface area contributed by atoms with Crippen LogP contribution in [0, 0.1) is 12.8 Å². The van der Waals surface area contributed by atoms with Crippen molar-refractivity contribution in [3.8, 4) is 0 Å². The third-order valence-corrected chi connectivity index (χ3v) is 5.67. The third kappa shape index (κ3) is 4.36. The lowest BCUT2D eigenvalue weighted by molar-refractivity contribution is -0.0315. The first-order chi connectivity index (χ1) is 13.6. The summed E-state index contributed by atoms with van der Waals surface area (Å²) in [7, 11) is 0. The highest BCUT2D eigenvalue weighted by atomic mass is 16.5. The number of morpholine rings is 1. The van der Waals surface area contributed by atoms with E-state index in [4.69, 9.17) is 9.15 Å². The van der Waals surface area contributed by atoms with Crippen molar-refractivity contribution >= 4 is 5.91 Å². The van der Waals surface area contributed by atoms with E-state index in [1.165, 1.54) is 18.4 Å². The Balaban J connectivity index is 1.41. The van der Waals surface area contributed by atoms with E-state index in [-0.39, 0.29) is 17.6 Å². The molecular formula is C23H27NO4. The minimum absolute atomic E-state index is 0.113. The molecule has 5 heteroatoms. The molecule has 2 heterocycles. The Morgan fingerprint density at radius 2 is 1.96 bits per heavy atom. The highest BCUT2D eigenvalue weighted by Gasteiger charge is 2.37. The van der Waals surface area contributed by atoms with Crippen LogP contribution in [0.15, 0.2) is 45.6 Å². The number of benzene rings is 1. The zero-order chi connectivity index (χ0) is 19.5. The topological polar surface area (TPSA) is 59.8 Å². The number of carbonyl (C=O) groups is 1. The molecule has 0 radical (unpaired) electrons. The van der Waals surface area contributed by atoms with Gasteiger partial charge in [-0.25, -0.2) is 4.79 Å². The van der Waals surface area contributed by atoms with Crippen molar-refractivity contribution in [1.82, 2.24) is 4.90 Å². The van der Waals surface area contributed by atoms with Gasteiger partial charge < -0.3 is 14.1 Å². The predicted octanol–water partition coefficient (Wildman–Crippen LogP) is 3.37. The molecule has 1 aliphatic heterocycles. The molecule has 1 aliphatic carbocycles. The van der Waals surface area contributed by atoms with Crippen molar-refractivity contribution in [2.24, 2.45) is 5.92 Å². The van der Waals surface area contributed by atoms with Gasteiger partial charge in [-0.3, -0.25) is 4.79 Å². The van der Waals surface area contributed by atoms with E-state index in [1.807, 2.05) is 31.2 Å². The molecule has 2 fully saturated rings. The summed E-state index contributed by atoms with van der Waals surface area (Å²) in [5, 5.41) is 0. The molecule has 2 aromatic rings. The van der Waals surface area contributed by atoms with Gasteiger partial charge in [-0.15, -0.1) is 0 Å². The molecule has 1 saturated carbocycles. The van der Waals surface area contributed by atoms with Gasteiger partial charge in [0.05, 0.1) is 12.7 Å². The van der Waals surface area contributed by atoms with Crippen molar-refractivity contribution in [2.45, 2.75) is 45.1 Å². The summed E-state index contributed by atoms with van der Waals surface area (Å²) in [6.07, 6.45) is 4.97. The minimum Gasteiger partial charge on any atom is -0.427 e. The van der Waals surface area contributed by atoms with Crippen LogP contribution in [-0.2, 0) is 17.6 Å². The first-order valence-corrected chi connectivity index (χ1v) is 10.2. The lowest BCUT2D eigenvalue weighted by Gasteiger charge is -2.33. The summed E-state index contributed by atoms with van der Waals surface area (Å²) in [6, 6.07) is 12.1. The van der Waals surface area contributed by atoms with Gasteiger partial charge in [0.2, 0.25) is 0 Å². The van der Waals surface area contributed by atoms with Gasteiger partial charge >= 0.3 is 5.63 Å². The maximum Gasteiger partial charge on any atom is 0.349 e. The molecule has 1 saturated heterocycles. The molecule has 0 bridgehead atoms. The Bertz CT molecular complexity index is 885. The Morgan fingerprint density at radius 1 is 1.18 bits per heavy atom. The quantitative estimate of drug-likeness (QED) is 0.770. The van der Waals surface area contributed by atoms with Crippen molar-refractivity contribution in [1.29, 1.82) is 0 Å². The van der Waals surface area contributed by atoms with Gasteiger partial charge in [0.15, 0.2) is 0 Å². The summed E-state index contributed by atoms with van der Waals surface area (Å²) in [4.78, 5) is 27.3. The summed E-state index contributed by atoms with van der Waals surface area (Å²) in [6.45, 7) is 3.46. The van der Waals surface area contributed by atoms with Crippen LogP contribution in [0.3, 0.4) is 0 Å². The maximum atomic E-state index is 13.0. The Kier molecular flexibility index (Phi) is 5.62. The second-order valence-corrected chi connectivity index (χ2v) is 7.90. The van der Waals surface area contributed by atoms with Crippen LogP contribution in [-0.4, -0.2) is 36.6 Å². The summed E-state index contributed by atoms with van der Waals surface area (Å²) in [5.41, 5.74) is 1.62. The van der Waals surface area contributed by atoms with E-state index in [9.17, 15) is 9.59 Å². The molecular weight excluding hydrogens is 354 g/mol. The van der Waals surface area contributed by atoms with Crippen molar-refractivity contribution in [3.63, 3.8) is 0 Å². The number of hydrogen-bond acceptors (Lipinski definition) is 4. The maximum absolute atomic E-state index is 13.0. The smallest absolute Gasteiger partial charge is 0.349 e. The second-order valence-electron chi connectivity index (χ2n) is 7.90. The van der Waals surface area contributed by atoms with Crippen LogP contribution < -0.4 is 5.63 Å². The van der Waals surface area contributed by atoms with Gasteiger partial charge in [-0.1, -0.05) is 30.3 Å². The van der Waals surface area contributed by atoms with E-state index in [1.54, 1.807) is 4.90 Å². The molecule has 5 nitrogen and oxygen atoms in total. The highest BCUT2D eigenvalue weighted by Crippen LogP contribution is 2.35. The number of aryl methyl sites for hydroxylation is 3. The number of carbonyl (C=O) groups excluding carboxylic acids is 1. The van der Waals surface area contributed by atoms with Crippen LogP contribution in [0.25, 0.3) is 0 Å². The monoisotopic (exact) mass is 381 g/mol. The van der Waals surface area contributed by atoms with Crippen LogP contribution >= 0.6 is 0 Å². The number of nitrogens with zero attached hydrogens (tertiary/aromatic N) is 1. The lowest BCUT2D eigenvalue weighted by Crippen LogP contribution is -2.47. The Morgan fingerprint density at radius 3 is 2.68 bits per heavy atom. The SMILES string of the molecule is Cc1cc(CCCc2ccccc2)oc(=O)c1C(=O)N1CCOC(C2CC2)C1. The van der Waals surface area contributed by atoms with E-state index in [0.717, 1.165) is 12.8 Å². The molecule has 4 rings (SSSR count). The molecule has 0 N–H and O–H groups in total. The van der Waals surface area contributed by atoms with Gasteiger partial charge in [-0.05, 0) is 55.7 Å². The largest absolute Gasteiger partial charge is 0.427 e. The molecule has 148 valence electrons. The number of hydrogen-bond donors (Lipinski definition) is 0. The standard InChI is InChI=1S/C23H27NO4/c1-16-14-19(9-5-8-17-6-3-2-4-7-17)28-23(26)21(16)22(25)24-12-13-27-20(15-24)18-10-11-18/h2-4,6-7,14,18,20H,5,8-13,15H2,1H3. The Labute approximate surface area is 165 Å². The zero-order valence-electron chi connectivity index (χ0n) is 16.4. The predicted molar refractivity (Wildman–Crippen MR) is 107 cm³/mol. The normalized spacial score (nSPS) is 19.6. The third-order valence-electron chi connectivity index (χ3n) is 5.67. The molecule has 0 spiro atoms. The fourth-order valence-corrected chi connectivity index (χ4v) is 3.94. The molecule has 1 aromatic carbocycles. The fourth-order valence-electron chi connectivity index (χ4n) is 3.94. The summed E-state index contributed by atoms with van der Waals surface area (Å²) < 4.78 is 11.3. The highest BCUT2D eigenvalue weighted by molar-refractivity contribution is 5.95. The van der Waals surface area contributed by atoms with Crippen LogP contribution in [0.1, 0.15) is 46.5 Å². The van der Waals surface area contributed by atoms with Crippen molar-refractivity contribution in [3.05, 3.63) is 69.3 Å². The summed E-state index contributed by atoms with van der Waals surface area (Å²) >= 11 is 0. The van der Waals surface area contributed by atoms with E-state index in [2.05, 4.69) is 12.1 Å². The second kappa shape index (κ2) is 8.31. The van der Waals surface area contributed by atoms with Crippen molar-refractivity contribution < 1.29 is 13.9 Å². The molecule has 28 heavy (non-hydrogen) atoms. The first kappa shape index (κ1) is 18.9. The van der Waals surface area contributed by atoms with Gasteiger partial charge in [0.25, 0.3) is 5.91 Å². The average Bonchev–Trinajstić information content (AvgIpc) is 3.54. The molecule has 1 amide bonds. The summed E-state index contributed by atoms with van der Waals surface area (Å²) in [5.74, 6) is 0.990. The fraction of sp³-hybridized carbons (Fsp3) is 0.478. The van der Waals surface area contributed by atoms with Crippen LogP contribution in [0.4, 0.5) is 0 Å². The molecule has 2 aliphatic rings. The van der Waals surface area contributed by atoms with Crippen LogP contribution in [0.2, 0.25) is 0 Å². The van der Waals surface area contributed by atoms with Gasteiger partial charge in [0.1, 0.15) is 11.3 Å². The zero-order valence-corrected chi connectivity index (χ0v) is 16.4.